The van der Waals surface area contributed by atoms with Crippen LogP contribution in [-0.4, -0.2) is 24.5 Å². The quantitative estimate of drug-likeness (QED) is 0.657. The second kappa shape index (κ2) is 7.37. The normalized spacial score (nSPS) is 18.7. The number of hydrogen-bond acceptors (Lipinski definition) is 4. The van der Waals surface area contributed by atoms with Gasteiger partial charge in [0.05, 0.1) is 19.8 Å². The van der Waals surface area contributed by atoms with Crippen molar-refractivity contribution < 1.29 is 18.7 Å². The number of hydrogen-bond donors (Lipinski definition) is 1. The molecule has 0 unspecified atom stereocenters. The molecule has 0 saturated heterocycles. The molecule has 0 bridgehead atoms. The van der Waals surface area contributed by atoms with E-state index in [1.54, 1.807) is 6.26 Å². The molecule has 0 spiro atoms. The van der Waals surface area contributed by atoms with Crippen molar-refractivity contribution in [3.05, 3.63) is 35.1 Å². The molecule has 1 aromatic carbocycles. The summed E-state index contributed by atoms with van der Waals surface area (Å²) < 4.78 is 10.7. The Bertz CT molecular complexity index is 859. The molecule has 4 rings (SSSR count). The first-order valence-electron chi connectivity index (χ1n) is 10.0. The van der Waals surface area contributed by atoms with Crippen molar-refractivity contribution in [1.82, 2.24) is 5.32 Å². The maximum atomic E-state index is 12.8. The summed E-state index contributed by atoms with van der Waals surface area (Å²) in [4.78, 5) is 25.3. The summed E-state index contributed by atoms with van der Waals surface area (Å²) in [6.07, 6.45) is 10.6. The Balaban J connectivity index is 1.54. The zero-order chi connectivity index (χ0) is 18.9. The van der Waals surface area contributed by atoms with E-state index >= 15 is 0 Å². The van der Waals surface area contributed by atoms with Crippen LogP contribution in [0.2, 0.25) is 0 Å². The Kier molecular flexibility index (Phi) is 4.94. The lowest BCUT2D eigenvalue weighted by Crippen LogP contribution is -2.55. The van der Waals surface area contributed by atoms with Gasteiger partial charge in [-0.05, 0) is 55.4 Å². The number of nitrogens with one attached hydrogen (secondary N) is 1. The van der Waals surface area contributed by atoms with Crippen LogP contribution in [0.3, 0.4) is 0 Å². The molecule has 0 aliphatic heterocycles. The Morgan fingerprint density at radius 2 is 1.78 bits per heavy atom. The van der Waals surface area contributed by atoms with Crippen molar-refractivity contribution in [2.45, 2.75) is 69.7 Å². The van der Waals surface area contributed by atoms with Crippen LogP contribution in [0.4, 0.5) is 0 Å². The number of esters is 1. The third-order valence-electron chi connectivity index (χ3n) is 6.13. The van der Waals surface area contributed by atoms with Crippen LogP contribution in [0, 0.1) is 0 Å². The molecule has 5 nitrogen and oxygen atoms in total. The van der Waals surface area contributed by atoms with Crippen LogP contribution in [0.5, 0.6) is 0 Å². The number of carbonyl (C=O) groups is 2. The summed E-state index contributed by atoms with van der Waals surface area (Å²) >= 11 is 0. The van der Waals surface area contributed by atoms with Gasteiger partial charge in [0.15, 0.2) is 0 Å². The van der Waals surface area contributed by atoms with Gasteiger partial charge < -0.3 is 14.5 Å². The van der Waals surface area contributed by atoms with Crippen LogP contribution >= 0.6 is 0 Å². The maximum Gasteiger partial charge on any atom is 0.331 e. The standard InChI is InChI=1S/C22H27NO4/c1-26-21(25)22(9-4-2-3-5-10-22)23-20(24)13-17-14-27-19-12-16-8-6-7-15(16)11-18(17)19/h11-12,14H,2-10,13H2,1H3,(H,23,24). The molecule has 0 atom stereocenters. The lowest BCUT2D eigenvalue weighted by molar-refractivity contribution is -0.151. The summed E-state index contributed by atoms with van der Waals surface area (Å²) in [5, 5.41) is 4.04. The largest absolute Gasteiger partial charge is 0.467 e. The number of carbonyl (C=O) groups excluding carboxylic acids is 2. The van der Waals surface area contributed by atoms with E-state index in [2.05, 4.69) is 17.4 Å². The number of ether oxygens (including phenoxy) is 1. The summed E-state index contributed by atoms with van der Waals surface area (Å²) in [5.74, 6) is -0.474. The maximum absolute atomic E-state index is 12.8. The van der Waals surface area contributed by atoms with Gasteiger partial charge in [-0.2, -0.15) is 0 Å². The fraction of sp³-hybridized carbons (Fsp3) is 0.545. The van der Waals surface area contributed by atoms with Crippen molar-refractivity contribution in [2.24, 2.45) is 0 Å². The van der Waals surface area contributed by atoms with E-state index < -0.39 is 5.54 Å². The molecule has 1 heterocycles. The number of fused-ring (bicyclic) bond motifs is 2. The summed E-state index contributed by atoms with van der Waals surface area (Å²) in [6, 6.07) is 4.28. The predicted molar refractivity (Wildman–Crippen MR) is 103 cm³/mol. The van der Waals surface area contributed by atoms with Gasteiger partial charge >= 0.3 is 5.97 Å². The average Bonchev–Trinajstić information content (AvgIpc) is 3.20. The number of benzene rings is 1. The van der Waals surface area contributed by atoms with Gasteiger partial charge in [-0.3, -0.25) is 4.79 Å². The van der Waals surface area contributed by atoms with Gasteiger partial charge in [0.1, 0.15) is 11.1 Å². The van der Waals surface area contributed by atoms with E-state index in [4.69, 9.17) is 9.15 Å². The molecule has 144 valence electrons. The van der Waals surface area contributed by atoms with Crippen molar-refractivity contribution in [2.75, 3.05) is 7.11 Å². The summed E-state index contributed by atoms with van der Waals surface area (Å²) in [7, 11) is 1.39. The van der Waals surface area contributed by atoms with Crippen molar-refractivity contribution >= 4 is 22.8 Å². The number of amides is 1. The average molecular weight is 369 g/mol. The first kappa shape index (κ1) is 18.1. The minimum atomic E-state index is -0.886. The van der Waals surface area contributed by atoms with Crippen LogP contribution in [0.25, 0.3) is 11.0 Å². The Morgan fingerprint density at radius 3 is 2.48 bits per heavy atom. The number of methoxy groups -OCH3 is 1. The van der Waals surface area contributed by atoms with Gasteiger partial charge in [-0.1, -0.05) is 25.7 Å². The molecule has 2 aliphatic rings. The number of furan rings is 1. The van der Waals surface area contributed by atoms with E-state index in [9.17, 15) is 9.59 Å². The summed E-state index contributed by atoms with van der Waals surface area (Å²) in [6.45, 7) is 0. The van der Waals surface area contributed by atoms with Gasteiger partial charge in [0.25, 0.3) is 0 Å². The topological polar surface area (TPSA) is 68.5 Å². The van der Waals surface area contributed by atoms with Crippen LogP contribution < -0.4 is 5.32 Å². The molecule has 1 saturated carbocycles. The highest BCUT2D eigenvalue weighted by Crippen LogP contribution is 2.31. The van der Waals surface area contributed by atoms with Crippen LogP contribution in [0.1, 0.15) is 61.6 Å². The Morgan fingerprint density at radius 1 is 1.07 bits per heavy atom. The highest BCUT2D eigenvalue weighted by atomic mass is 16.5. The molecule has 5 heteroatoms. The van der Waals surface area contributed by atoms with E-state index in [-0.39, 0.29) is 18.3 Å². The second-order valence-corrected chi connectivity index (χ2v) is 7.94. The fourth-order valence-electron chi connectivity index (χ4n) is 4.68. The predicted octanol–water partition coefficient (Wildman–Crippen LogP) is 3.85. The smallest absolute Gasteiger partial charge is 0.331 e. The van der Waals surface area contributed by atoms with Crippen LogP contribution in [0.15, 0.2) is 22.8 Å². The highest BCUT2D eigenvalue weighted by molar-refractivity contribution is 5.92. The summed E-state index contributed by atoms with van der Waals surface area (Å²) in [5.41, 5.74) is 3.56. The van der Waals surface area contributed by atoms with E-state index in [1.165, 1.54) is 24.7 Å². The molecule has 1 amide bonds. The SMILES string of the molecule is COC(=O)C1(NC(=O)Cc2coc3cc4c(cc23)CCC4)CCCCCC1. The van der Waals surface area contributed by atoms with Gasteiger partial charge in [-0.15, -0.1) is 0 Å². The van der Waals surface area contributed by atoms with E-state index in [0.717, 1.165) is 55.1 Å². The fourth-order valence-corrected chi connectivity index (χ4v) is 4.68. The van der Waals surface area contributed by atoms with Crippen molar-refractivity contribution in [1.29, 1.82) is 0 Å². The van der Waals surface area contributed by atoms with Gasteiger partial charge in [-0.25, -0.2) is 4.79 Å². The Labute approximate surface area is 159 Å². The first-order valence-corrected chi connectivity index (χ1v) is 10.0. The molecule has 0 radical (unpaired) electrons. The third-order valence-corrected chi connectivity index (χ3v) is 6.13. The molecule has 2 aromatic rings. The van der Waals surface area contributed by atoms with Crippen molar-refractivity contribution in [3.63, 3.8) is 0 Å². The van der Waals surface area contributed by atoms with E-state index in [1.807, 2.05) is 0 Å². The van der Waals surface area contributed by atoms with Crippen LogP contribution in [-0.2, 0) is 33.6 Å². The molecule has 1 fully saturated rings. The lowest BCUT2D eigenvalue weighted by Gasteiger charge is -2.30. The minimum Gasteiger partial charge on any atom is -0.467 e. The third kappa shape index (κ3) is 3.47. The number of rotatable bonds is 4. The number of aryl methyl sites for hydroxylation is 2. The molecule has 1 N–H and O–H groups in total. The molecule has 1 aromatic heterocycles. The van der Waals surface area contributed by atoms with Gasteiger partial charge in [0.2, 0.25) is 5.91 Å². The zero-order valence-electron chi connectivity index (χ0n) is 15.9. The molecule has 2 aliphatic carbocycles. The second-order valence-electron chi connectivity index (χ2n) is 7.94. The molecule has 27 heavy (non-hydrogen) atoms. The monoisotopic (exact) mass is 369 g/mol. The lowest BCUT2D eigenvalue weighted by atomic mass is 9.89. The first-order chi connectivity index (χ1) is 13.1. The zero-order valence-corrected chi connectivity index (χ0v) is 15.9. The van der Waals surface area contributed by atoms with Crippen molar-refractivity contribution in [3.8, 4) is 0 Å². The van der Waals surface area contributed by atoms with Gasteiger partial charge in [0, 0.05) is 10.9 Å². The molecular formula is C22H27NO4. The Hall–Kier alpha value is -2.30. The highest BCUT2D eigenvalue weighted by Gasteiger charge is 2.41. The molecular weight excluding hydrogens is 342 g/mol. The van der Waals surface area contributed by atoms with E-state index in [0.29, 0.717) is 12.8 Å². The minimum absolute atomic E-state index is 0.148.